The van der Waals surface area contributed by atoms with Gasteiger partial charge in [-0.05, 0) is 27.9 Å². The first-order valence-corrected chi connectivity index (χ1v) is 5.71. The summed E-state index contributed by atoms with van der Waals surface area (Å²) in [6.45, 7) is 5.08. The summed E-state index contributed by atoms with van der Waals surface area (Å²) < 4.78 is 0. The number of nitrogens with zero attached hydrogens (tertiary/aromatic N) is 2. The maximum Gasteiger partial charge on any atom is 0.246 e. The Bertz CT molecular complexity index is 278. The van der Waals surface area contributed by atoms with Crippen LogP contribution in [-0.4, -0.2) is 60.9 Å². The highest BCUT2D eigenvalue weighted by atomic mass is 16.2. The van der Waals surface area contributed by atoms with Crippen molar-refractivity contribution in [2.45, 2.75) is 32.4 Å². The van der Waals surface area contributed by atoms with Crippen LogP contribution in [-0.2, 0) is 9.59 Å². The minimum atomic E-state index is -0.324. The molecule has 1 aliphatic rings. The van der Waals surface area contributed by atoms with Gasteiger partial charge in [0.15, 0.2) is 0 Å². The van der Waals surface area contributed by atoms with E-state index in [1.54, 1.807) is 0 Å². The molecule has 0 bridgehead atoms. The largest absolute Gasteiger partial charge is 0.305 e. The Kier molecular flexibility index (Phi) is 4.44. The maximum absolute atomic E-state index is 11.8. The molecule has 0 spiro atoms. The van der Waals surface area contributed by atoms with E-state index in [9.17, 15) is 9.59 Å². The highest BCUT2D eigenvalue weighted by molar-refractivity contribution is 6.05. The molecule has 1 heterocycles. The van der Waals surface area contributed by atoms with Gasteiger partial charge in [-0.25, -0.2) is 0 Å². The molecule has 2 amide bonds. The molecule has 0 radical (unpaired) electrons. The third-order valence-corrected chi connectivity index (χ3v) is 3.10. The minimum absolute atomic E-state index is 0.0671. The lowest BCUT2D eigenvalue weighted by atomic mass is 10.2. The van der Waals surface area contributed by atoms with Crippen LogP contribution in [0.4, 0.5) is 0 Å². The van der Waals surface area contributed by atoms with Gasteiger partial charge in [-0.3, -0.25) is 14.5 Å². The van der Waals surface area contributed by atoms with Crippen molar-refractivity contribution in [1.29, 1.82) is 0 Å². The SMILES string of the molecule is CCN1C(=O)CC(NCC(C)N(C)C)C1=O. The van der Waals surface area contributed by atoms with Gasteiger partial charge in [-0.15, -0.1) is 0 Å². The topological polar surface area (TPSA) is 52.7 Å². The number of rotatable bonds is 5. The highest BCUT2D eigenvalue weighted by Gasteiger charge is 2.37. The summed E-state index contributed by atoms with van der Waals surface area (Å²) in [6.07, 6.45) is 0.298. The number of carbonyl (C=O) groups is 2. The molecule has 92 valence electrons. The first-order chi connectivity index (χ1) is 7.47. The number of hydrogen-bond acceptors (Lipinski definition) is 4. The van der Waals surface area contributed by atoms with E-state index in [1.165, 1.54) is 4.90 Å². The van der Waals surface area contributed by atoms with E-state index < -0.39 is 0 Å². The third kappa shape index (κ3) is 2.80. The zero-order valence-corrected chi connectivity index (χ0v) is 10.5. The van der Waals surface area contributed by atoms with Gasteiger partial charge in [0.25, 0.3) is 0 Å². The summed E-state index contributed by atoms with van der Waals surface area (Å²) >= 11 is 0. The Morgan fingerprint density at radius 2 is 2.12 bits per heavy atom. The van der Waals surface area contributed by atoms with Crippen LogP contribution >= 0.6 is 0 Å². The van der Waals surface area contributed by atoms with Gasteiger partial charge in [0.2, 0.25) is 11.8 Å². The van der Waals surface area contributed by atoms with Crippen LogP contribution in [0.15, 0.2) is 0 Å². The average molecular weight is 227 g/mol. The van der Waals surface area contributed by atoms with E-state index in [4.69, 9.17) is 0 Å². The minimum Gasteiger partial charge on any atom is -0.305 e. The third-order valence-electron chi connectivity index (χ3n) is 3.10. The highest BCUT2D eigenvalue weighted by Crippen LogP contribution is 2.12. The number of amides is 2. The van der Waals surface area contributed by atoms with Crippen LogP contribution in [0.25, 0.3) is 0 Å². The van der Waals surface area contributed by atoms with Crippen molar-refractivity contribution in [3.05, 3.63) is 0 Å². The zero-order valence-electron chi connectivity index (χ0n) is 10.5. The van der Waals surface area contributed by atoms with E-state index in [0.29, 0.717) is 25.6 Å². The molecule has 1 saturated heterocycles. The lowest BCUT2D eigenvalue weighted by Crippen LogP contribution is -2.44. The predicted molar refractivity (Wildman–Crippen MR) is 62.0 cm³/mol. The van der Waals surface area contributed by atoms with E-state index in [0.717, 1.165) is 0 Å². The molecule has 0 saturated carbocycles. The van der Waals surface area contributed by atoms with Gasteiger partial charge >= 0.3 is 0 Å². The van der Waals surface area contributed by atoms with E-state index in [1.807, 2.05) is 21.0 Å². The number of hydrogen-bond donors (Lipinski definition) is 1. The van der Waals surface area contributed by atoms with Gasteiger partial charge in [-0.1, -0.05) is 0 Å². The van der Waals surface area contributed by atoms with E-state index in [2.05, 4.69) is 17.1 Å². The molecule has 1 aliphatic heterocycles. The van der Waals surface area contributed by atoms with Gasteiger partial charge in [0.05, 0.1) is 12.5 Å². The van der Waals surface area contributed by atoms with Crippen molar-refractivity contribution in [2.75, 3.05) is 27.2 Å². The van der Waals surface area contributed by atoms with Crippen molar-refractivity contribution >= 4 is 11.8 Å². The lowest BCUT2D eigenvalue weighted by Gasteiger charge is -2.21. The fourth-order valence-electron chi connectivity index (χ4n) is 1.67. The fraction of sp³-hybridized carbons (Fsp3) is 0.818. The van der Waals surface area contributed by atoms with Crippen molar-refractivity contribution in [2.24, 2.45) is 0 Å². The number of imide groups is 1. The smallest absolute Gasteiger partial charge is 0.246 e. The Morgan fingerprint density at radius 3 is 2.56 bits per heavy atom. The standard InChI is InChI=1S/C11H21N3O2/c1-5-14-10(15)6-9(11(14)16)12-7-8(2)13(3)4/h8-9,12H,5-7H2,1-4H3. The molecule has 1 fully saturated rings. The Balaban J connectivity index is 2.45. The lowest BCUT2D eigenvalue weighted by molar-refractivity contribution is -0.138. The van der Waals surface area contributed by atoms with Crippen molar-refractivity contribution in [3.8, 4) is 0 Å². The normalized spacial score (nSPS) is 23.3. The second kappa shape index (κ2) is 5.41. The summed E-state index contributed by atoms with van der Waals surface area (Å²) in [5, 5.41) is 3.15. The quantitative estimate of drug-likeness (QED) is 0.654. The molecule has 5 nitrogen and oxygen atoms in total. The molecular weight excluding hydrogens is 206 g/mol. The van der Waals surface area contributed by atoms with Gasteiger partial charge in [0.1, 0.15) is 0 Å². The summed E-state index contributed by atoms with van der Waals surface area (Å²) in [5.74, 6) is -0.152. The number of likely N-dealkylation sites (N-methyl/N-ethyl adjacent to an activating group) is 2. The van der Waals surface area contributed by atoms with Crippen LogP contribution in [0.1, 0.15) is 20.3 Å². The second-order valence-corrected chi connectivity index (χ2v) is 4.45. The summed E-state index contributed by atoms with van der Waals surface area (Å²) in [6, 6.07) is 0.0217. The molecule has 1 N–H and O–H groups in total. The van der Waals surface area contributed by atoms with Gasteiger partial charge < -0.3 is 10.2 Å². The van der Waals surface area contributed by atoms with E-state index >= 15 is 0 Å². The number of nitrogens with one attached hydrogen (secondary N) is 1. The van der Waals surface area contributed by atoms with Gasteiger partial charge in [-0.2, -0.15) is 0 Å². The van der Waals surface area contributed by atoms with Crippen molar-refractivity contribution in [3.63, 3.8) is 0 Å². The Labute approximate surface area is 96.8 Å². The van der Waals surface area contributed by atoms with Crippen LogP contribution in [0.3, 0.4) is 0 Å². The predicted octanol–water partition coefficient (Wildman–Crippen LogP) is -0.326. The summed E-state index contributed by atoms with van der Waals surface area (Å²) in [7, 11) is 3.98. The number of likely N-dealkylation sites (tertiary alicyclic amines) is 1. The van der Waals surface area contributed by atoms with E-state index in [-0.39, 0.29) is 17.9 Å². The molecular formula is C11H21N3O2. The summed E-state index contributed by atoms with van der Waals surface area (Å²) in [5.41, 5.74) is 0. The zero-order chi connectivity index (χ0) is 12.3. The van der Waals surface area contributed by atoms with Crippen molar-refractivity contribution < 1.29 is 9.59 Å². The molecule has 1 rings (SSSR count). The molecule has 0 aromatic carbocycles. The molecule has 5 heteroatoms. The monoisotopic (exact) mass is 227 g/mol. The van der Waals surface area contributed by atoms with Gasteiger partial charge in [0, 0.05) is 19.1 Å². The molecule has 0 aromatic rings. The molecule has 0 aliphatic carbocycles. The number of carbonyl (C=O) groups excluding carboxylic acids is 2. The summed E-state index contributed by atoms with van der Waals surface area (Å²) in [4.78, 5) is 26.6. The van der Waals surface area contributed by atoms with Crippen LogP contribution < -0.4 is 5.32 Å². The molecule has 2 atom stereocenters. The fourth-order valence-corrected chi connectivity index (χ4v) is 1.67. The Hall–Kier alpha value is -0.940. The molecule has 2 unspecified atom stereocenters. The maximum atomic E-state index is 11.8. The van der Waals surface area contributed by atoms with Crippen LogP contribution in [0, 0.1) is 0 Å². The first-order valence-electron chi connectivity index (χ1n) is 5.71. The van der Waals surface area contributed by atoms with Crippen LogP contribution in [0.2, 0.25) is 0 Å². The van der Waals surface area contributed by atoms with Crippen molar-refractivity contribution in [1.82, 2.24) is 15.1 Å². The second-order valence-electron chi connectivity index (χ2n) is 4.45. The Morgan fingerprint density at radius 1 is 1.50 bits per heavy atom. The molecule has 0 aromatic heterocycles. The molecule has 16 heavy (non-hydrogen) atoms. The first kappa shape index (κ1) is 13.1. The van der Waals surface area contributed by atoms with Crippen LogP contribution in [0.5, 0.6) is 0 Å². The average Bonchev–Trinajstić information content (AvgIpc) is 2.50.